The molecule has 6 N–H and O–H groups in total. The number of aliphatic hydroxyl groups is 3. The van der Waals surface area contributed by atoms with Crippen molar-refractivity contribution < 1.29 is 63.0 Å². The second-order valence-corrected chi connectivity index (χ2v) is 14.9. The summed E-state index contributed by atoms with van der Waals surface area (Å²) in [7, 11) is 2.69. The first kappa shape index (κ1) is 44.9. The molecule has 2 fully saturated rings. The van der Waals surface area contributed by atoms with Crippen LogP contribution in [0.1, 0.15) is 79.1 Å². The first-order chi connectivity index (χ1) is 25.4. The lowest BCUT2D eigenvalue weighted by Gasteiger charge is -2.48. The number of nitrogens with one attached hydrogen (secondary N) is 3. The SMILES string of the molecule is C=C1C[C@](OC)([C@H](O)C(=O)N[C@@H](OC)C2C[C@@H](O)C(C)(C)[C@@H](C[C@H](O)COC(=O)NCCCNC(=O)CCCCCN3C(=O)C=CC3=O)O2)O[C@H](C)[C@@H]1C. The monoisotopic (exact) mass is 768 g/mol. The number of carbonyl (C=O) groups excluding carboxylic acids is 5. The number of methoxy groups -OCH3 is 2. The number of ether oxygens (including phenoxy) is 5. The fraction of sp³-hybridized carbons (Fsp3) is 0.757. The van der Waals surface area contributed by atoms with Gasteiger partial charge in [0.1, 0.15) is 12.7 Å². The molecule has 0 spiro atoms. The molecule has 54 heavy (non-hydrogen) atoms. The Morgan fingerprint density at radius 3 is 2.33 bits per heavy atom. The van der Waals surface area contributed by atoms with Crippen molar-refractivity contribution in [3.63, 3.8) is 0 Å². The molecule has 0 saturated carbocycles. The fourth-order valence-corrected chi connectivity index (χ4v) is 6.63. The Kier molecular flexibility index (Phi) is 17.0. The Hall–Kier alpha value is -3.45. The summed E-state index contributed by atoms with van der Waals surface area (Å²) in [5, 5.41) is 40.9. The molecule has 3 rings (SSSR count). The lowest BCUT2D eigenvalue weighted by molar-refractivity contribution is -0.298. The topological polar surface area (TPSA) is 232 Å². The molecule has 0 bridgehead atoms. The number of hydrogen-bond acceptors (Lipinski definition) is 13. The van der Waals surface area contributed by atoms with E-state index >= 15 is 0 Å². The molecule has 0 aromatic heterocycles. The minimum Gasteiger partial charge on any atom is -0.447 e. The van der Waals surface area contributed by atoms with Crippen molar-refractivity contribution >= 4 is 29.7 Å². The van der Waals surface area contributed by atoms with Crippen LogP contribution in [0.4, 0.5) is 4.79 Å². The highest BCUT2D eigenvalue weighted by Gasteiger charge is 2.51. The van der Waals surface area contributed by atoms with Gasteiger partial charge >= 0.3 is 6.09 Å². The van der Waals surface area contributed by atoms with Crippen LogP contribution in [0, 0.1) is 11.3 Å². The van der Waals surface area contributed by atoms with Crippen LogP contribution in [0.2, 0.25) is 0 Å². The van der Waals surface area contributed by atoms with Gasteiger partial charge in [0.25, 0.3) is 17.7 Å². The van der Waals surface area contributed by atoms with Crippen LogP contribution >= 0.6 is 0 Å². The van der Waals surface area contributed by atoms with E-state index in [0.29, 0.717) is 45.2 Å². The van der Waals surface area contributed by atoms with E-state index in [1.807, 2.05) is 6.92 Å². The molecule has 17 heteroatoms. The molecule has 3 heterocycles. The van der Waals surface area contributed by atoms with Crippen molar-refractivity contribution in [2.75, 3.05) is 40.5 Å². The van der Waals surface area contributed by atoms with E-state index in [9.17, 15) is 39.3 Å². The van der Waals surface area contributed by atoms with Crippen molar-refractivity contribution in [3.8, 4) is 0 Å². The van der Waals surface area contributed by atoms with Crippen molar-refractivity contribution in [2.45, 2.75) is 128 Å². The smallest absolute Gasteiger partial charge is 0.407 e. The first-order valence-electron chi connectivity index (χ1n) is 18.6. The molecule has 306 valence electrons. The number of rotatable bonds is 20. The maximum absolute atomic E-state index is 13.3. The minimum atomic E-state index is -1.74. The van der Waals surface area contributed by atoms with Gasteiger partial charge in [0.2, 0.25) is 11.7 Å². The van der Waals surface area contributed by atoms with E-state index in [2.05, 4.69) is 22.5 Å². The van der Waals surface area contributed by atoms with Gasteiger partial charge in [-0.25, -0.2) is 4.79 Å². The predicted molar refractivity (Wildman–Crippen MR) is 193 cm³/mol. The van der Waals surface area contributed by atoms with Gasteiger partial charge in [-0.3, -0.25) is 24.1 Å². The predicted octanol–water partition coefficient (Wildman–Crippen LogP) is 0.793. The number of alkyl carbamates (subject to hydrolysis) is 1. The zero-order valence-corrected chi connectivity index (χ0v) is 32.3. The third-order valence-electron chi connectivity index (χ3n) is 10.6. The van der Waals surface area contributed by atoms with Gasteiger partial charge in [0, 0.05) is 83.0 Å². The standard InChI is InChI=1S/C37H60N4O13/c1-22-20-37(51-7,54-24(3)23(22)2)32(47)33(48)40-34(50-6)26-19-27(43)36(4,5)28(53-26)18-25(42)21-52-35(49)39-16-11-15-38-29(44)12-9-8-10-17-41-30(45)13-14-31(41)46/h13-14,23-28,32,34,42-43,47H,1,8-12,15-21H2,2-7H3,(H,38,44)(H,39,49)(H,40,48)/t23-,24-,25+,26?,27-,28-,32-,34+,37-/m1/s1. The summed E-state index contributed by atoms with van der Waals surface area (Å²) in [4.78, 5) is 61.9. The summed E-state index contributed by atoms with van der Waals surface area (Å²) in [6.45, 7) is 11.9. The molecule has 5 amide bonds. The second-order valence-electron chi connectivity index (χ2n) is 14.9. The molecule has 3 aliphatic rings. The van der Waals surface area contributed by atoms with E-state index in [4.69, 9.17) is 23.7 Å². The van der Waals surface area contributed by atoms with Crippen LogP contribution < -0.4 is 16.0 Å². The van der Waals surface area contributed by atoms with E-state index in [-0.39, 0.29) is 62.2 Å². The Morgan fingerprint density at radius 1 is 1.04 bits per heavy atom. The minimum absolute atomic E-state index is 0.00287. The van der Waals surface area contributed by atoms with E-state index in [1.54, 1.807) is 20.8 Å². The van der Waals surface area contributed by atoms with E-state index in [0.717, 1.165) is 5.57 Å². The number of imide groups is 1. The zero-order chi connectivity index (χ0) is 40.2. The quantitative estimate of drug-likeness (QED) is 0.0436. The Morgan fingerprint density at radius 2 is 1.70 bits per heavy atom. The van der Waals surface area contributed by atoms with Gasteiger partial charge in [0.05, 0.1) is 24.4 Å². The van der Waals surface area contributed by atoms with Gasteiger partial charge in [-0.2, -0.15) is 0 Å². The summed E-state index contributed by atoms with van der Waals surface area (Å²) < 4.78 is 28.5. The molecule has 0 aliphatic carbocycles. The molecular formula is C37H60N4O13. The van der Waals surface area contributed by atoms with Crippen molar-refractivity contribution in [2.24, 2.45) is 11.3 Å². The van der Waals surface area contributed by atoms with Crippen LogP contribution in [0.15, 0.2) is 24.3 Å². The largest absolute Gasteiger partial charge is 0.447 e. The third-order valence-corrected chi connectivity index (χ3v) is 10.6. The molecular weight excluding hydrogens is 708 g/mol. The van der Waals surface area contributed by atoms with Crippen LogP contribution in [0.3, 0.4) is 0 Å². The van der Waals surface area contributed by atoms with Crippen LogP contribution in [0.25, 0.3) is 0 Å². The Bertz CT molecular complexity index is 1340. The molecule has 1 unspecified atom stereocenters. The first-order valence-corrected chi connectivity index (χ1v) is 18.6. The number of hydrogen-bond donors (Lipinski definition) is 6. The highest BCUT2D eigenvalue weighted by molar-refractivity contribution is 6.12. The molecule has 2 saturated heterocycles. The average molecular weight is 769 g/mol. The van der Waals surface area contributed by atoms with Crippen molar-refractivity contribution in [1.82, 2.24) is 20.9 Å². The number of aliphatic hydroxyl groups excluding tert-OH is 3. The summed E-state index contributed by atoms with van der Waals surface area (Å²) in [6, 6.07) is 0. The fourth-order valence-electron chi connectivity index (χ4n) is 6.63. The number of nitrogens with zero attached hydrogens (tertiary/aromatic N) is 1. The van der Waals surface area contributed by atoms with Crippen LogP contribution in [0.5, 0.6) is 0 Å². The van der Waals surface area contributed by atoms with Crippen molar-refractivity contribution in [1.29, 1.82) is 0 Å². The Balaban J connectivity index is 1.37. The van der Waals surface area contributed by atoms with E-state index < -0.39 is 60.0 Å². The van der Waals surface area contributed by atoms with Gasteiger partial charge in [-0.05, 0) is 26.2 Å². The molecule has 0 aromatic carbocycles. The highest BCUT2D eigenvalue weighted by atomic mass is 16.7. The molecule has 0 aromatic rings. The maximum atomic E-state index is 13.3. The Labute approximate surface area is 317 Å². The van der Waals surface area contributed by atoms with Gasteiger partial charge < -0.3 is 55.0 Å². The van der Waals surface area contributed by atoms with Crippen molar-refractivity contribution in [3.05, 3.63) is 24.3 Å². The molecule has 9 atom stereocenters. The molecule has 3 aliphatic heterocycles. The lowest BCUT2D eigenvalue weighted by Crippen LogP contribution is -2.62. The van der Waals surface area contributed by atoms with E-state index in [1.165, 1.54) is 31.3 Å². The van der Waals surface area contributed by atoms with Crippen LogP contribution in [-0.4, -0.2) is 139 Å². The lowest BCUT2D eigenvalue weighted by atomic mass is 9.74. The second kappa shape index (κ2) is 20.5. The summed E-state index contributed by atoms with van der Waals surface area (Å²) in [5.41, 5.74) is -0.0645. The summed E-state index contributed by atoms with van der Waals surface area (Å²) in [5.74, 6) is -3.27. The number of amides is 5. The van der Waals surface area contributed by atoms with Gasteiger partial charge in [-0.15, -0.1) is 0 Å². The summed E-state index contributed by atoms with van der Waals surface area (Å²) in [6.07, 6.45) is -2.34. The van der Waals surface area contributed by atoms with Gasteiger partial charge in [-0.1, -0.05) is 39.3 Å². The zero-order valence-electron chi connectivity index (χ0n) is 32.3. The van der Waals surface area contributed by atoms with Gasteiger partial charge in [0.15, 0.2) is 12.3 Å². The summed E-state index contributed by atoms with van der Waals surface area (Å²) >= 11 is 0. The highest BCUT2D eigenvalue weighted by Crippen LogP contribution is 2.40. The number of unbranched alkanes of at least 4 members (excludes halogenated alkanes) is 2. The third kappa shape index (κ3) is 12.0. The maximum Gasteiger partial charge on any atom is 0.407 e. The normalized spacial score (nSPS) is 28.4. The van der Waals surface area contributed by atoms with Crippen LogP contribution in [-0.2, 0) is 42.9 Å². The molecule has 0 radical (unpaired) electrons. The number of carbonyl (C=O) groups is 5. The average Bonchev–Trinajstić information content (AvgIpc) is 3.45. The molecule has 17 nitrogen and oxygen atoms in total.